The lowest BCUT2D eigenvalue weighted by molar-refractivity contribution is 0.553. The Morgan fingerprint density at radius 3 is 2.70 bits per heavy atom. The third-order valence-corrected chi connectivity index (χ3v) is 4.77. The maximum atomic E-state index is 13.9. The Bertz CT molecular complexity index is 556. The third kappa shape index (κ3) is 4.26. The Kier molecular flexibility index (Phi) is 5.12. The van der Waals surface area contributed by atoms with E-state index in [1.165, 1.54) is 12.1 Å². The molecule has 0 spiro atoms. The Balaban J connectivity index is 2.03. The molecule has 0 atom stereocenters. The Hall–Kier alpha value is -0.980. The monoisotopic (exact) mass is 300 g/mol. The molecule has 4 nitrogen and oxygen atoms in total. The zero-order valence-corrected chi connectivity index (χ0v) is 12.5. The van der Waals surface area contributed by atoms with Gasteiger partial charge in [-0.15, -0.1) is 0 Å². The standard InChI is InChI=1S/C14H21FN2O2S/c1-2-3-8-17-20(18,19)14-7-4-11(9-13(14)15)10-16-12-5-6-12/h4,7,9,12,16-17H,2-3,5-6,8,10H2,1H3. The molecule has 1 aromatic carbocycles. The van der Waals surface area contributed by atoms with Crippen molar-refractivity contribution < 1.29 is 12.8 Å². The Labute approximate surface area is 119 Å². The van der Waals surface area contributed by atoms with E-state index in [0.29, 0.717) is 19.1 Å². The highest BCUT2D eigenvalue weighted by Crippen LogP contribution is 2.20. The minimum Gasteiger partial charge on any atom is -0.310 e. The van der Waals surface area contributed by atoms with Gasteiger partial charge in [-0.1, -0.05) is 19.4 Å². The number of halogens is 1. The molecule has 0 amide bonds. The van der Waals surface area contributed by atoms with Crippen molar-refractivity contribution in [1.82, 2.24) is 10.0 Å². The molecule has 0 unspecified atom stereocenters. The zero-order chi connectivity index (χ0) is 14.6. The fraction of sp³-hybridized carbons (Fsp3) is 0.571. The van der Waals surface area contributed by atoms with Gasteiger partial charge in [-0.2, -0.15) is 0 Å². The van der Waals surface area contributed by atoms with Crippen LogP contribution in [-0.4, -0.2) is 21.0 Å². The molecule has 1 saturated carbocycles. The molecule has 0 bridgehead atoms. The van der Waals surface area contributed by atoms with Crippen LogP contribution in [0.4, 0.5) is 4.39 Å². The van der Waals surface area contributed by atoms with E-state index in [0.717, 1.165) is 31.2 Å². The quantitative estimate of drug-likeness (QED) is 0.723. The highest BCUT2D eigenvalue weighted by molar-refractivity contribution is 7.89. The molecule has 1 aliphatic carbocycles. The molecule has 1 aromatic rings. The van der Waals surface area contributed by atoms with Crippen molar-refractivity contribution in [2.24, 2.45) is 0 Å². The van der Waals surface area contributed by atoms with Crippen LogP contribution in [0.5, 0.6) is 0 Å². The summed E-state index contributed by atoms with van der Waals surface area (Å²) in [6.07, 6.45) is 3.95. The van der Waals surface area contributed by atoms with Crippen LogP contribution in [0.25, 0.3) is 0 Å². The van der Waals surface area contributed by atoms with Gasteiger partial charge in [-0.25, -0.2) is 17.5 Å². The van der Waals surface area contributed by atoms with Gasteiger partial charge in [0.15, 0.2) is 0 Å². The summed E-state index contributed by atoms with van der Waals surface area (Å²) >= 11 is 0. The van der Waals surface area contributed by atoms with Gasteiger partial charge in [0.05, 0.1) is 0 Å². The van der Waals surface area contributed by atoms with Crippen molar-refractivity contribution in [2.75, 3.05) is 6.54 Å². The Morgan fingerprint density at radius 1 is 1.35 bits per heavy atom. The van der Waals surface area contributed by atoms with Crippen LogP contribution >= 0.6 is 0 Å². The van der Waals surface area contributed by atoms with E-state index in [1.54, 1.807) is 6.07 Å². The van der Waals surface area contributed by atoms with Crippen molar-refractivity contribution in [3.8, 4) is 0 Å². The second-order valence-corrected chi connectivity index (χ2v) is 6.91. The van der Waals surface area contributed by atoms with Crippen LogP contribution in [0, 0.1) is 5.82 Å². The molecular weight excluding hydrogens is 279 g/mol. The molecular formula is C14H21FN2O2S. The lowest BCUT2D eigenvalue weighted by Gasteiger charge is -2.09. The molecule has 20 heavy (non-hydrogen) atoms. The predicted molar refractivity (Wildman–Crippen MR) is 76.4 cm³/mol. The Morgan fingerprint density at radius 2 is 2.10 bits per heavy atom. The van der Waals surface area contributed by atoms with Gasteiger partial charge in [0.25, 0.3) is 0 Å². The van der Waals surface area contributed by atoms with Crippen LogP contribution in [0.1, 0.15) is 38.2 Å². The van der Waals surface area contributed by atoms with E-state index in [-0.39, 0.29) is 4.90 Å². The van der Waals surface area contributed by atoms with Crippen LogP contribution < -0.4 is 10.0 Å². The maximum Gasteiger partial charge on any atom is 0.243 e. The summed E-state index contributed by atoms with van der Waals surface area (Å²) < 4.78 is 40.3. The number of hydrogen-bond acceptors (Lipinski definition) is 3. The average Bonchev–Trinajstić information content (AvgIpc) is 3.20. The molecule has 6 heteroatoms. The fourth-order valence-electron chi connectivity index (χ4n) is 1.88. The van der Waals surface area contributed by atoms with Crippen LogP contribution in [0.2, 0.25) is 0 Å². The molecule has 0 aliphatic heterocycles. The first kappa shape index (κ1) is 15.4. The molecule has 1 aliphatic rings. The summed E-state index contributed by atoms with van der Waals surface area (Å²) in [5.74, 6) is -0.691. The van der Waals surface area contributed by atoms with E-state index >= 15 is 0 Å². The number of rotatable bonds is 8. The molecule has 0 heterocycles. The molecule has 2 rings (SSSR count). The normalized spacial score (nSPS) is 15.5. The van der Waals surface area contributed by atoms with Crippen molar-refractivity contribution in [2.45, 2.75) is 50.1 Å². The van der Waals surface area contributed by atoms with Crippen LogP contribution in [0.15, 0.2) is 23.1 Å². The second-order valence-electron chi connectivity index (χ2n) is 5.17. The summed E-state index contributed by atoms with van der Waals surface area (Å²) in [5.41, 5.74) is 0.766. The summed E-state index contributed by atoms with van der Waals surface area (Å²) in [6.45, 7) is 2.88. The largest absolute Gasteiger partial charge is 0.310 e. The first-order chi connectivity index (χ1) is 9.53. The maximum absolute atomic E-state index is 13.9. The molecule has 0 radical (unpaired) electrons. The minimum atomic E-state index is -3.74. The molecule has 112 valence electrons. The van der Waals surface area contributed by atoms with Crippen LogP contribution in [-0.2, 0) is 16.6 Å². The molecule has 1 fully saturated rings. The van der Waals surface area contributed by atoms with E-state index in [1.807, 2.05) is 6.92 Å². The topological polar surface area (TPSA) is 58.2 Å². The van der Waals surface area contributed by atoms with Gasteiger partial charge >= 0.3 is 0 Å². The number of nitrogens with one attached hydrogen (secondary N) is 2. The SMILES string of the molecule is CCCCNS(=O)(=O)c1ccc(CNC2CC2)cc1F. The minimum absolute atomic E-state index is 0.274. The third-order valence-electron chi connectivity index (χ3n) is 3.28. The number of benzene rings is 1. The van der Waals surface area contributed by atoms with Crippen molar-refractivity contribution >= 4 is 10.0 Å². The first-order valence-electron chi connectivity index (χ1n) is 7.04. The molecule has 0 aromatic heterocycles. The van der Waals surface area contributed by atoms with Crippen molar-refractivity contribution in [3.63, 3.8) is 0 Å². The summed E-state index contributed by atoms with van der Waals surface area (Å²) in [4.78, 5) is -0.274. The van der Waals surface area contributed by atoms with Crippen molar-refractivity contribution in [1.29, 1.82) is 0 Å². The zero-order valence-electron chi connectivity index (χ0n) is 11.7. The van der Waals surface area contributed by atoms with Gasteiger partial charge in [0, 0.05) is 19.1 Å². The van der Waals surface area contributed by atoms with Gasteiger partial charge in [0.2, 0.25) is 10.0 Å². The van der Waals surface area contributed by atoms with Crippen molar-refractivity contribution in [3.05, 3.63) is 29.6 Å². The summed E-state index contributed by atoms with van der Waals surface area (Å²) in [5, 5.41) is 3.27. The number of sulfonamides is 1. The van der Waals surface area contributed by atoms with E-state index < -0.39 is 15.8 Å². The first-order valence-corrected chi connectivity index (χ1v) is 8.52. The van der Waals surface area contributed by atoms with E-state index in [4.69, 9.17) is 0 Å². The van der Waals surface area contributed by atoms with Gasteiger partial charge in [0.1, 0.15) is 10.7 Å². The van der Waals surface area contributed by atoms with E-state index in [2.05, 4.69) is 10.0 Å². The summed E-state index contributed by atoms with van der Waals surface area (Å²) in [7, 11) is -3.74. The lowest BCUT2D eigenvalue weighted by atomic mass is 10.2. The van der Waals surface area contributed by atoms with Gasteiger partial charge in [-0.05, 0) is 37.0 Å². The van der Waals surface area contributed by atoms with Gasteiger partial charge in [-0.3, -0.25) is 0 Å². The number of unbranched alkanes of at least 4 members (excludes halogenated alkanes) is 1. The fourth-order valence-corrected chi connectivity index (χ4v) is 3.01. The smallest absolute Gasteiger partial charge is 0.243 e. The summed E-state index contributed by atoms with van der Waals surface area (Å²) in [6, 6.07) is 4.83. The van der Waals surface area contributed by atoms with Gasteiger partial charge < -0.3 is 5.32 Å². The molecule has 0 saturated heterocycles. The predicted octanol–water partition coefficient (Wildman–Crippen LogP) is 2.16. The lowest BCUT2D eigenvalue weighted by Crippen LogP contribution is -2.25. The second kappa shape index (κ2) is 6.65. The molecule has 2 N–H and O–H groups in total. The highest BCUT2D eigenvalue weighted by atomic mass is 32.2. The number of hydrogen-bond donors (Lipinski definition) is 2. The average molecular weight is 300 g/mol. The van der Waals surface area contributed by atoms with E-state index in [9.17, 15) is 12.8 Å². The highest BCUT2D eigenvalue weighted by Gasteiger charge is 2.21. The van der Waals surface area contributed by atoms with Crippen LogP contribution in [0.3, 0.4) is 0 Å².